The summed E-state index contributed by atoms with van der Waals surface area (Å²) < 4.78 is 10.8. The van der Waals surface area contributed by atoms with Crippen molar-refractivity contribution in [1.29, 1.82) is 0 Å². The zero-order valence-electron chi connectivity index (χ0n) is 16.7. The van der Waals surface area contributed by atoms with Crippen molar-refractivity contribution in [3.05, 3.63) is 45.3 Å². The molecule has 1 aliphatic rings. The van der Waals surface area contributed by atoms with Gasteiger partial charge in [-0.2, -0.15) is 0 Å². The van der Waals surface area contributed by atoms with Crippen LogP contribution in [0.4, 0.5) is 5.00 Å². The van der Waals surface area contributed by atoms with Crippen LogP contribution in [0, 0.1) is 13.8 Å². The molecule has 1 N–H and O–H groups in total. The van der Waals surface area contributed by atoms with E-state index in [1.165, 1.54) is 28.9 Å². The number of aryl methyl sites for hydroxylation is 2. The maximum absolute atomic E-state index is 12.4. The van der Waals surface area contributed by atoms with Gasteiger partial charge in [0.25, 0.3) is 0 Å². The molecular weight excluding hydrogens is 374 g/mol. The smallest absolute Gasteiger partial charge is 0.341 e. The van der Waals surface area contributed by atoms with E-state index in [1.807, 2.05) is 19.1 Å². The number of hydrogen-bond donors (Lipinski definition) is 1. The third-order valence-electron chi connectivity index (χ3n) is 5.17. The summed E-state index contributed by atoms with van der Waals surface area (Å²) in [5.74, 6) is 0.389. The molecule has 0 bridgehead atoms. The van der Waals surface area contributed by atoms with Gasteiger partial charge in [0, 0.05) is 11.3 Å². The summed E-state index contributed by atoms with van der Waals surface area (Å²) >= 11 is 1.51. The van der Waals surface area contributed by atoms with Crippen LogP contribution in [0.1, 0.15) is 57.6 Å². The molecular formula is C22H27NO4S. The van der Waals surface area contributed by atoms with Crippen molar-refractivity contribution in [2.45, 2.75) is 52.4 Å². The van der Waals surface area contributed by atoms with Crippen LogP contribution in [-0.2, 0) is 22.4 Å². The fourth-order valence-corrected chi connectivity index (χ4v) is 4.75. The third kappa shape index (κ3) is 4.55. The molecule has 0 saturated carbocycles. The molecule has 1 amide bonds. The highest BCUT2D eigenvalue weighted by atomic mass is 32.1. The van der Waals surface area contributed by atoms with Crippen molar-refractivity contribution < 1.29 is 19.1 Å². The largest absolute Gasteiger partial charge is 0.493 e. The zero-order valence-corrected chi connectivity index (χ0v) is 17.5. The van der Waals surface area contributed by atoms with E-state index in [-0.39, 0.29) is 11.9 Å². The molecule has 0 fully saturated rings. The van der Waals surface area contributed by atoms with Crippen molar-refractivity contribution in [2.75, 3.05) is 19.0 Å². The van der Waals surface area contributed by atoms with Crippen LogP contribution >= 0.6 is 11.3 Å². The number of anilines is 1. The minimum Gasteiger partial charge on any atom is -0.493 e. The Morgan fingerprint density at radius 2 is 1.96 bits per heavy atom. The fraction of sp³-hybridized carbons (Fsp3) is 0.455. The molecule has 1 aromatic carbocycles. The second kappa shape index (κ2) is 9.24. The van der Waals surface area contributed by atoms with Gasteiger partial charge in [-0.25, -0.2) is 4.79 Å². The molecule has 1 heterocycles. The Bertz CT molecular complexity index is 872. The van der Waals surface area contributed by atoms with E-state index >= 15 is 0 Å². The van der Waals surface area contributed by atoms with Crippen LogP contribution in [0.2, 0.25) is 0 Å². The van der Waals surface area contributed by atoms with Crippen LogP contribution in [0.25, 0.3) is 0 Å². The first kappa shape index (κ1) is 20.4. The molecule has 5 nitrogen and oxygen atoms in total. The van der Waals surface area contributed by atoms with Gasteiger partial charge in [-0.1, -0.05) is 12.1 Å². The molecule has 0 radical (unpaired) electrons. The lowest BCUT2D eigenvalue weighted by Crippen LogP contribution is -2.15. The number of hydrogen-bond acceptors (Lipinski definition) is 5. The number of nitrogens with one attached hydrogen (secondary N) is 1. The first-order valence-corrected chi connectivity index (χ1v) is 10.5. The van der Waals surface area contributed by atoms with E-state index in [0.717, 1.165) is 42.6 Å². The SMILES string of the molecule is COC(=O)c1c(NC(=O)CCCOc2cccc(C)c2C)sc2c1CCCC2. The standard InChI is InChI=1S/C22H27NO4S/c1-14-8-6-10-17(15(14)2)27-13-7-12-19(24)23-21-20(22(25)26-3)16-9-4-5-11-18(16)28-21/h6,8,10H,4-5,7,9,11-13H2,1-3H3,(H,23,24). The molecule has 28 heavy (non-hydrogen) atoms. The summed E-state index contributed by atoms with van der Waals surface area (Å²) in [5.41, 5.74) is 3.91. The minimum atomic E-state index is -0.368. The number of carbonyl (C=O) groups excluding carboxylic acids is 2. The molecule has 3 rings (SSSR count). The zero-order chi connectivity index (χ0) is 20.1. The highest BCUT2D eigenvalue weighted by molar-refractivity contribution is 7.17. The molecule has 6 heteroatoms. The Morgan fingerprint density at radius 3 is 2.75 bits per heavy atom. The molecule has 0 saturated heterocycles. The number of benzene rings is 1. The van der Waals surface area contributed by atoms with E-state index in [4.69, 9.17) is 9.47 Å². The molecule has 2 aromatic rings. The molecule has 150 valence electrons. The number of ether oxygens (including phenoxy) is 2. The van der Waals surface area contributed by atoms with Crippen LogP contribution in [0.3, 0.4) is 0 Å². The monoisotopic (exact) mass is 401 g/mol. The predicted octanol–water partition coefficient (Wildman–Crippen LogP) is 4.83. The van der Waals surface area contributed by atoms with Crippen molar-refractivity contribution >= 4 is 28.2 Å². The number of esters is 1. The summed E-state index contributed by atoms with van der Waals surface area (Å²) in [6.45, 7) is 4.56. The van der Waals surface area contributed by atoms with Crippen LogP contribution in [0.15, 0.2) is 18.2 Å². The fourth-order valence-electron chi connectivity index (χ4n) is 3.46. The Balaban J connectivity index is 1.57. The van der Waals surface area contributed by atoms with Gasteiger partial charge in [0.15, 0.2) is 0 Å². The average Bonchev–Trinajstić information content (AvgIpc) is 3.05. The van der Waals surface area contributed by atoms with Gasteiger partial charge in [0.1, 0.15) is 10.8 Å². The van der Waals surface area contributed by atoms with E-state index in [2.05, 4.69) is 18.3 Å². The Labute approximate surface area is 170 Å². The molecule has 0 spiro atoms. The number of fused-ring (bicyclic) bond motifs is 1. The summed E-state index contributed by atoms with van der Waals surface area (Å²) in [6.07, 6.45) is 4.97. The lowest BCUT2D eigenvalue weighted by molar-refractivity contribution is -0.116. The third-order valence-corrected chi connectivity index (χ3v) is 6.38. The molecule has 0 aliphatic heterocycles. The van der Waals surface area contributed by atoms with Gasteiger partial charge in [0.05, 0.1) is 19.3 Å². The van der Waals surface area contributed by atoms with Gasteiger partial charge >= 0.3 is 5.97 Å². The lowest BCUT2D eigenvalue weighted by atomic mass is 9.95. The second-order valence-electron chi connectivity index (χ2n) is 7.10. The highest BCUT2D eigenvalue weighted by Crippen LogP contribution is 2.38. The van der Waals surface area contributed by atoms with Gasteiger partial charge in [0.2, 0.25) is 5.91 Å². The van der Waals surface area contributed by atoms with Crippen molar-refractivity contribution in [1.82, 2.24) is 0 Å². The van der Waals surface area contributed by atoms with Crippen molar-refractivity contribution in [3.63, 3.8) is 0 Å². The van der Waals surface area contributed by atoms with Gasteiger partial charge in [-0.05, 0) is 68.7 Å². The molecule has 1 aromatic heterocycles. The first-order chi connectivity index (χ1) is 13.5. The van der Waals surface area contributed by atoms with Crippen LogP contribution < -0.4 is 10.1 Å². The number of carbonyl (C=O) groups is 2. The average molecular weight is 402 g/mol. The lowest BCUT2D eigenvalue weighted by Gasteiger charge is -2.12. The van der Waals surface area contributed by atoms with Crippen molar-refractivity contribution in [3.8, 4) is 5.75 Å². The quantitative estimate of drug-likeness (QED) is 0.533. The predicted molar refractivity (Wildman–Crippen MR) is 112 cm³/mol. The van der Waals surface area contributed by atoms with E-state index in [0.29, 0.717) is 30.0 Å². The maximum Gasteiger partial charge on any atom is 0.341 e. The summed E-state index contributed by atoms with van der Waals surface area (Å²) in [6, 6.07) is 5.97. The van der Waals surface area contributed by atoms with E-state index in [1.54, 1.807) is 0 Å². The summed E-state index contributed by atoms with van der Waals surface area (Å²) in [5, 5.41) is 3.55. The van der Waals surface area contributed by atoms with Crippen molar-refractivity contribution in [2.24, 2.45) is 0 Å². The molecule has 0 atom stereocenters. The Kier molecular flexibility index (Phi) is 6.73. The summed E-state index contributed by atoms with van der Waals surface area (Å²) in [4.78, 5) is 25.8. The number of rotatable bonds is 7. The normalized spacial score (nSPS) is 13.0. The Morgan fingerprint density at radius 1 is 1.18 bits per heavy atom. The van der Waals surface area contributed by atoms with Gasteiger partial charge in [-0.15, -0.1) is 11.3 Å². The number of methoxy groups -OCH3 is 1. The minimum absolute atomic E-state index is 0.103. The van der Waals surface area contributed by atoms with Crippen LogP contribution in [-0.4, -0.2) is 25.6 Å². The Hall–Kier alpha value is -2.34. The topological polar surface area (TPSA) is 64.6 Å². The summed E-state index contributed by atoms with van der Waals surface area (Å²) in [7, 11) is 1.38. The number of amides is 1. The van der Waals surface area contributed by atoms with E-state index in [9.17, 15) is 9.59 Å². The van der Waals surface area contributed by atoms with Gasteiger partial charge in [-0.3, -0.25) is 4.79 Å². The molecule has 1 aliphatic carbocycles. The highest BCUT2D eigenvalue weighted by Gasteiger charge is 2.26. The molecule has 0 unspecified atom stereocenters. The maximum atomic E-state index is 12.4. The van der Waals surface area contributed by atoms with Crippen LogP contribution in [0.5, 0.6) is 5.75 Å². The first-order valence-electron chi connectivity index (χ1n) is 9.73. The van der Waals surface area contributed by atoms with E-state index < -0.39 is 0 Å². The second-order valence-corrected chi connectivity index (χ2v) is 8.21. The van der Waals surface area contributed by atoms with Gasteiger partial charge < -0.3 is 14.8 Å². The number of thiophene rings is 1.